The van der Waals surface area contributed by atoms with Crippen LogP contribution in [0.2, 0.25) is 0 Å². The Bertz CT molecular complexity index is 891. The van der Waals surface area contributed by atoms with Gasteiger partial charge in [0.15, 0.2) is 0 Å². The van der Waals surface area contributed by atoms with Gasteiger partial charge >= 0.3 is 6.09 Å². The van der Waals surface area contributed by atoms with Crippen LogP contribution in [0.1, 0.15) is 38.9 Å². The first-order valence-electron chi connectivity index (χ1n) is 8.01. The van der Waals surface area contributed by atoms with Crippen molar-refractivity contribution in [3.63, 3.8) is 0 Å². The number of hydrogen-bond donors (Lipinski definition) is 1. The van der Waals surface area contributed by atoms with E-state index in [2.05, 4.69) is 25.9 Å². The topological polar surface area (TPSA) is 75.3 Å². The lowest BCUT2D eigenvalue weighted by atomic mass is 10.1. The molecule has 6 nitrogen and oxygen atoms in total. The van der Waals surface area contributed by atoms with E-state index in [0.717, 1.165) is 6.07 Å². The van der Waals surface area contributed by atoms with Gasteiger partial charge in [0.25, 0.3) is 5.56 Å². The zero-order valence-corrected chi connectivity index (χ0v) is 15.8. The maximum absolute atomic E-state index is 13.6. The normalized spacial score (nSPS) is 18.0. The van der Waals surface area contributed by atoms with Crippen molar-refractivity contribution in [2.24, 2.45) is 0 Å². The molecular formula is C17H19BrFN3O3. The number of hydrogen-bond acceptors (Lipinski definition) is 4. The van der Waals surface area contributed by atoms with Crippen LogP contribution in [-0.2, 0) is 4.74 Å². The van der Waals surface area contributed by atoms with Crippen LogP contribution >= 0.6 is 15.9 Å². The van der Waals surface area contributed by atoms with E-state index in [4.69, 9.17) is 4.74 Å². The second kappa shape index (κ2) is 6.40. The minimum atomic E-state index is -0.555. The molecule has 1 atom stereocenters. The molecule has 1 aliphatic rings. The van der Waals surface area contributed by atoms with Crippen LogP contribution in [0.5, 0.6) is 0 Å². The first-order valence-corrected chi connectivity index (χ1v) is 8.80. The van der Waals surface area contributed by atoms with E-state index < -0.39 is 11.4 Å². The second-order valence-corrected chi connectivity index (χ2v) is 8.00. The molecule has 1 aromatic carbocycles. The third-order valence-corrected chi connectivity index (χ3v) is 4.60. The molecule has 2 aromatic rings. The first kappa shape index (κ1) is 17.8. The number of aromatic amines is 1. The van der Waals surface area contributed by atoms with Crippen molar-refractivity contribution in [3.05, 3.63) is 38.6 Å². The molecule has 0 radical (unpaired) electrons. The van der Waals surface area contributed by atoms with Crippen LogP contribution in [0.15, 0.2) is 21.4 Å². The lowest BCUT2D eigenvalue weighted by molar-refractivity contribution is 0.0292. The maximum Gasteiger partial charge on any atom is 0.410 e. The van der Waals surface area contributed by atoms with Gasteiger partial charge in [-0.15, -0.1) is 0 Å². The fourth-order valence-electron chi connectivity index (χ4n) is 2.82. The summed E-state index contributed by atoms with van der Waals surface area (Å²) in [5.41, 5.74) is -0.522. The van der Waals surface area contributed by atoms with Crippen LogP contribution in [-0.4, -0.2) is 39.7 Å². The van der Waals surface area contributed by atoms with Gasteiger partial charge in [-0.05, 0) is 55.3 Å². The maximum atomic E-state index is 13.6. The van der Waals surface area contributed by atoms with Gasteiger partial charge in [-0.25, -0.2) is 14.2 Å². The smallest absolute Gasteiger partial charge is 0.410 e. The summed E-state index contributed by atoms with van der Waals surface area (Å²) in [5.74, 6) is -0.0972. The average molecular weight is 412 g/mol. The molecule has 0 saturated carbocycles. The summed E-state index contributed by atoms with van der Waals surface area (Å²) in [6, 6.07) is 2.65. The highest BCUT2D eigenvalue weighted by Gasteiger charge is 2.32. The van der Waals surface area contributed by atoms with Crippen LogP contribution in [0, 0.1) is 5.82 Å². The predicted molar refractivity (Wildman–Crippen MR) is 95.2 cm³/mol. The van der Waals surface area contributed by atoms with Gasteiger partial charge in [0.05, 0.1) is 15.4 Å². The summed E-state index contributed by atoms with van der Waals surface area (Å²) in [6.07, 6.45) is 0.304. The summed E-state index contributed by atoms with van der Waals surface area (Å²) in [6.45, 7) is 6.41. The fourth-order valence-corrected chi connectivity index (χ4v) is 3.15. The Hall–Kier alpha value is -1.96. The molecule has 0 spiro atoms. The van der Waals surface area contributed by atoms with E-state index >= 15 is 0 Å². The summed E-state index contributed by atoms with van der Waals surface area (Å²) in [7, 11) is 0. The molecule has 1 unspecified atom stereocenters. The average Bonchev–Trinajstić information content (AvgIpc) is 2.97. The van der Waals surface area contributed by atoms with Gasteiger partial charge < -0.3 is 14.6 Å². The third kappa shape index (κ3) is 3.84. The molecule has 1 amide bonds. The Morgan fingerprint density at radius 1 is 1.44 bits per heavy atom. The number of ether oxygens (including phenoxy) is 1. The zero-order chi connectivity index (χ0) is 18.4. The van der Waals surface area contributed by atoms with Crippen molar-refractivity contribution in [3.8, 4) is 0 Å². The van der Waals surface area contributed by atoms with Gasteiger partial charge in [0.2, 0.25) is 0 Å². The van der Waals surface area contributed by atoms with E-state index in [1.54, 1.807) is 4.90 Å². The number of carbonyl (C=O) groups excluding carboxylic acids is 1. The Kier molecular flexibility index (Phi) is 4.57. The predicted octanol–water partition coefficient (Wildman–Crippen LogP) is 3.55. The number of carbonyl (C=O) groups is 1. The molecule has 1 saturated heterocycles. The molecule has 25 heavy (non-hydrogen) atoms. The standard InChI is InChI=1S/C17H19BrFN3O3/c1-17(2,3)25-16(24)22-5-4-9(8-22)14-20-13-7-11(18)12(19)6-10(13)15(23)21-14/h6-7,9H,4-5,8H2,1-3H3,(H,20,21,23). The SMILES string of the molecule is CC(C)(C)OC(=O)N1CCC(c2nc3cc(Br)c(F)cc3c(=O)[nH]2)C1. The number of H-pyrrole nitrogens is 1. The highest BCUT2D eigenvalue weighted by atomic mass is 79.9. The van der Waals surface area contributed by atoms with E-state index in [-0.39, 0.29) is 27.4 Å². The van der Waals surface area contributed by atoms with Crippen molar-refractivity contribution in [2.75, 3.05) is 13.1 Å². The molecular weight excluding hydrogens is 393 g/mol. The minimum absolute atomic E-state index is 0.0894. The number of nitrogens with zero attached hydrogens (tertiary/aromatic N) is 2. The van der Waals surface area contributed by atoms with E-state index in [9.17, 15) is 14.0 Å². The van der Waals surface area contributed by atoms with Crippen molar-refractivity contribution >= 4 is 32.9 Å². The summed E-state index contributed by atoms with van der Waals surface area (Å²) in [4.78, 5) is 33.2. The number of benzene rings is 1. The first-order chi connectivity index (χ1) is 11.6. The van der Waals surface area contributed by atoms with Gasteiger partial charge in [-0.1, -0.05) is 0 Å². The molecule has 1 aromatic heterocycles. The van der Waals surface area contributed by atoms with Crippen molar-refractivity contribution < 1.29 is 13.9 Å². The third-order valence-electron chi connectivity index (χ3n) is 3.99. The quantitative estimate of drug-likeness (QED) is 0.778. The molecule has 3 rings (SSSR count). The Morgan fingerprint density at radius 2 is 2.16 bits per heavy atom. The van der Waals surface area contributed by atoms with Crippen LogP contribution in [0.3, 0.4) is 0 Å². The number of fused-ring (bicyclic) bond motifs is 1. The second-order valence-electron chi connectivity index (χ2n) is 7.15. The lowest BCUT2D eigenvalue weighted by Crippen LogP contribution is -2.35. The molecule has 1 fully saturated rings. The Morgan fingerprint density at radius 3 is 2.84 bits per heavy atom. The van der Waals surface area contributed by atoms with Crippen LogP contribution in [0.25, 0.3) is 10.9 Å². The molecule has 0 aliphatic carbocycles. The number of nitrogens with one attached hydrogen (secondary N) is 1. The van der Waals surface area contributed by atoms with Crippen LogP contribution in [0.4, 0.5) is 9.18 Å². The van der Waals surface area contributed by atoms with E-state index in [0.29, 0.717) is 30.9 Å². The number of aromatic nitrogens is 2. The highest BCUT2D eigenvalue weighted by Crippen LogP contribution is 2.27. The molecule has 2 heterocycles. The highest BCUT2D eigenvalue weighted by molar-refractivity contribution is 9.10. The van der Waals surface area contributed by atoms with Crippen molar-refractivity contribution in [2.45, 2.75) is 38.7 Å². The van der Waals surface area contributed by atoms with Crippen molar-refractivity contribution in [1.82, 2.24) is 14.9 Å². The number of halogens is 2. The van der Waals surface area contributed by atoms with Crippen LogP contribution < -0.4 is 5.56 Å². The largest absolute Gasteiger partial charge is 0.444 e. The Balaban J connectivity index is 1.85. The summed E-state index contributed by atoms with van der Waals surface area (Å²) < 4.78 is 19.3. The van der Waals surface area contributed by atoms with E-state index in [1.165, 1.54) is 6.07 Å². The fraction of sp³-hybridized carbons (Fsp3) is 0.471. The number of rotatable bonds is 1. The van der Waals surface area contributed by atoms with Gasteiger partial charge in [-0.2, -0.15) is 0 Å². The monoisotopic (exact) mass is 411 g/mol. The van der Waals surface area contributed by atoms with Crippen molar-refractivity contribution in [1.29, 1.82) is 0 Å². The number of amides is 1. The summed E-state index contributed by atoms with van der Waals surface area (Å²) >= 11 is 3.11. The molecule has 0 bridgehead atoms. The molecule has 134 valence electrons. The Labute approximate surface area is 152 Å². The molecule has 8 heteroatoms. The van der Waals surface area contributed by atoms with E-state index in [1.807, 2.05) is 20.8 Å². The minimum Gasteiger partial charge on any atom is -0.444 e. The lowest BCUT2D eigenvalue weighted by Gasteiger charge is -2.24. The summed E-state index contributed by atoms with van der Waals surface area (Å²) in [5, 5.41) is 0.200. The zero-order valence-electron chi connectivity index (χ0n) is 14.2. The van der Waals surface area contributed by atoms with Gasteiger partial charge in [0.1, 0.15) is 17.2 Å². The van der Waals surface area contributed by atoms with Gasteiger partial charge in [-0.3, -0.25) is 4.79 Å². The number of likely N-dealkylation sites (tertiary alicyclic amines) is 1. The molecule has 1 aliphatic heterocycles. The molecule has 1 N–H and O–H groups in total. The van der Waals surface area contributed by atoms with Gasteiger partial charge in [0, 0.05) is 19.0 Å².